The van der Waals surface area contributed by atoms with Crippen molar-refractivity contribution >= 4 is 11.3 Å². The van der Waals surface area contributed by atoms with Crippen LogP contribution in [0.2, 0.25) is 0 Å². The summed E-state index contributed by atoms with van der Waals surface area (Å²) in [7, 11) is 1.63. The molecule has 0 heterocycles. The average Bonchev–Trinajstić information content (AvgIpc) is 3.18. The highest BCUT2D eigenvalue weighted by Crippen LogP contribution is 2.61. The lowest BCUT2D eigenvalue weighted by atomic mass is 9.52. The number of methoxy groups -OCH3 is 1. The molecule has 1 saturated carbocycles. The summed E-state index contributed by atoms with van der Waals surface area (Å²) in [4.78, 5) is 5.55. The predicted molar refractivity (Wildman–Crippen MR) is 120 cm³/mol. The highest BCUT2D eigenvalue weighted by atomic mass is 16.7. The number of fused-ring (bicyclic) bond motifs is 2. The third kappa shape index (κ3) is 3.41. The van der Waals surface area contributed by atoms with Crippen LogP contribution >= 0.6 is 0 Å². The van der Waals surface area contributed by atoms with E-state index in [2.05, 4.69) is 59.8 Å². The van der Waals surface area contributed by atoms with Crippen LogP contribution in [-0.4, -0.2) is 43.5 Å². The molecule has 2 aromatic rings. The molecule has 0 spiro atoms. The lowest BCUT2D eigenvalue weighted by Crippen LogP contribution is -2.58. The molecule has 1 fully saturated rings. The molecule has 0 amide bonds. The van der Waals surface area contributed by atoms with Crippen molar-refractivity contribution in [2.45, 2.75) is 24.9 Å². The van der Waals surface area contributed by atoms with Crippen LogP contribution in [0.4, 0.5) is 0 Å². The minimum atomic E-state index is -1.06. The van der Waals surface area contributed by atoms with Gasteiger partial charge in [0.25, 0.3) is 0 Å². The summed E-state index contributed by atoms with van der Waals surface area (Å²) in [5, 5.41) is 16.1. The summed E-state index contributed by atoms with van der Waals surface area (Å²) in [5.41, 5.74) is 4.82. The molecule has 5 atom stereocenters. The van der Waals surface area contributed by atoms with Crippen LogP contribution < -0.4 is 0 Å². The van der Waals surface area contributed by atoms with Gasteiger partial charge in [0.2, 0.25) is 6.79 Å². The van der Waals surface area contributed by atoms with Crippen molar-refractivity contribution in [1.29, 1.82) is 0 Å². The molecule has 5 unspecified atom stereocenters. The second-order valence-corrected chi connectivity index (χ2v) is 8.86. The van der Waals surface area contributed by atoms with Crippen molar-refractivity contribution in [3.63, 3.8) is 0 Å². The number of allylic oxidation sites excluding steroid dienone is 1. The van der Waals surface area contributed by atoms with Gasteiger partial charge in [-0.15, -0.1) is 0 Å². The van der Waals surface area contributed by atoms with E-state index in [-0.39, 0.29) is 18.6 Å². The van der Waals surface area contributed by atoms with E-state index in [1.807, 2.05) is 13.0 Å². The first kappa shape index (κ1) is 20.4. The van der Waals surface area contributed by atoms with Crippen LogP contribution in [0.5, 0.6) is 0 Å². The van der Waals surface area contributed by atoms with Gasteiger partial charge < -0.3 is 19.4 Å². The van der Waals surface area contributed by atoms with Crippen LogP contribution in [-0.2, 0) is 20.7 Å². The Labute approximate surface area is 183 Å². The van der Waals surface area contributed by atoms with Crippen LogP contribution in [0.25, 0.3) is 5.57 Å². The van der Waals surface area contributed by atoms with Crippen LogP contribution in [0.3, 0.4) is 0 Å². The Morgan fingerprint density at radius 2 is 1.84 bits per heavy atom. The lowest BCUT2D eigenvalue weighted by Gasteiger charge is -2.53. The summed E-state index contributed by atoms with van der Waals surface area (Å²) in [5.74, 6) is 0.594. The number of ether oxygens (including phenoxy) is 2. The van der Waals surface area contributed by atoms with Gasteiger partial charge in [-0.1, -0.05) is 65.8 Å². The van der Waals surface area contributed by atoms with E-state index in [4.69, 9.17) is 14.3 Å². The summed E-state index contributed by atoms with van der Waals surface area (Å²) >= 11 is 0. The quantitative estimate of drug-likeness (QED) is 0.418. The molecule has 5 nitrogen and oxygen atoms in total. The molecule has 2 aromatic carbocycles. The maximum atomic E-state index is 11.6. The van der Waals surface area contributed by atoms with Gasteiger partial charge >= 0.3 is 0 Å². The lowest BCUT2D eigenvalue weighted by molar-refractivity contribution is -0.0687. The third-order valence-corrected chi connectivity index (χ3v) is 7.15. The number of oxime groups is 1. The first-order valence-electron chi connectivity index (χ1n) is 11.0. The van der Waals surface area contributed by atoms with Gasteiger partial charge in [-0.25, -0.2) is 0 Å². The third-order valence-electron chi connectivity index (χ3n) is 7.15. The molecular weight excluding hydrogens is 390 g/mol. The fourth-order valence-electron chi connectivity index (χ4n) is 5.82. The molecule has 6 rings (SSSR count). The van der Waals surface area contributed by atoms with Crippen molar-refractivity contribution in [3.8, 4) is 0 Å². The zero-order chi connectivity index (χ0) is 21.4. The topological polar surface area (TPSA) is 60.3 Å². The Bertz CT molecular complexity index is 997. The Kier molecular flexibility index (Phi) is 5.42. The van der Waals surface area contributed by atoms with Crippen molar-refractivity contribution in [2.24, 2.45) is 22.9 Å². The summed E-state index contributed by atoms with van der Waals surface area (Å²) in [6, 6.07) is 19.1. The highest BCUT2D eigenvalue weighted by molar-refractivity contribution is 6.06. The standard InChI is InChI=1S/C26H29NO4/c1-26(28)22-15-20(17-8-4-3-5-9-17)24(25(26)27-31-16-30-13-12-29-2)23-19-11-7-6-10-18(19)14-21(22)23/h3-11,15,21-24,28H,12-14,16H2,1-2H3/b27-25+. The van der Waals surface area contributed by atoms with Gasteiger partial charge in [0.1, 0.15) is 5.60 Å². The fraction of sp³-hybridized carbons (Fsp3) is 0.423. The van der Waals surface area contributed by atoms with Crippen LogP contribution in [0, 0.1) is 17.8 Å². The summed E-state index contributed by atoms with van der Waals surface area (Å²) in [6.45, 7) is 2.87. The Morgan fingerprint density at radius 3 is 2.65 bits per heavy atom. The predicted octanol–water partition coefficient (Wildman–Crippen LogP) is 4.03. The number of hydrogen-bond donors (Lipinski definition) is 1. The fourth-order valence-corrected chi connectivity index (χ4v) is 5.82. The zero-order valence-corrected chi connectivity index (χ0v) is 18.0. The van der Waals surface area contributed by atoms with Gasteiger partial charge in [0.05, 0.1) is 18.9 Å². The molecule has 0 aliphatic heterocycles. The summed E-state index contributed by atoms with van der Waals surface area (Å²) in [6.07, 6.45) is 3.28. The van der Waals surface area contributed by atoms with E-state index in [1.54, 1.807) is 7.11 Å². The van der Waals surface area contributed by atoms with Gasteiger partial charge in [0, 0.05) is 24.9 Å². The maximum absolute atomic E-state index is 11.6. The zero-order valence-electron chi connectivity index (χ0n) is 18.0. The van der Waals surface area contributed by atoms with E-state index in [9.17, 15) is 5.11 Å². The summed E-state index contributed by atoms with van der Waals surface area (Å²) < 4.78 is 10.4. The first-order valence-corrected chi connectivity index (χ1v) is 11.0. The van der Waals surface area contributed by atoms with Crippen LogP contribution in [0.15, 0.2) is 65.8 Å². The molecule has 0 saturated heterocycles. The molecule has 1 N–H and O–H groups in total. The Hall–Kier alpha value is -2.47. The first-order chi connectivity index (χ1) is 15.1. The molecule has 31 heavy (non-hydrogen) atoms. The maximum Gasteiger partial charge on any atom is 0.216 e. The second-order valence-electron chi connectivity index (χ2n) is 8.86. The van der Waals surface area contributed by atoms with Gasteiger partial charge in [-0.3, -0.25) is 0 Å². The number of hydrogen-bond acceptors (Lipinski definition) is 5. The molecule has 0 radical (unpaired) electrons. The van der Waals surface area contributed by atoms with Crippen LogP contribution in [0.1, 0.15) is 29.5 Å². The molecular formula is C26H29NO4. The molecule has 2 bridgehead atoms. The van der Waals surface area contributed by atoms with E-state index < -0.39 is 5.60 Å². The van der Waals surface area contributed by atoms with Gasteiger partial charge in [-0.05, 0) is 41.5 Å². The molecule has 0 aromatic heterocycles. The van der Waals surface area contributed by atoms with Crippen molar-refractivity contribution < 1.29 is 19.4 Å². The van der Waals surface area contributed by atoms with Gasteiger partial charge in [0.15, 0.2) is 0 Å². The van der Waals surface area contributed by atoms with E-state index in [0.717, 1.165) is 6.42 Å². The molecule has 4 aliphatic rings. The number of benzene rings is 2. The molecule has 162 valence electrons. The Balaban J connectivity index is 1.54. The largest absolute Gasteiger partial charge is 0.383 e. The Morgan fingerprint density at radius 1 is 1.06 bits per heavy atom. The molecule has 5 heteroatoms. The average molecular weight is 420 g/mol. The molecule has 4 aliphatic carbocycles. The minimum absolute atomic E-state index is 0.0261. The van der Waals surface area contributed by atoms with Gasteiger partial charge in [-0.2, -0.15) is 0 Å². The number of aliphatic hydroxyl groups is 1. The number of rotatable bonds is 7. The van der Waals surface area contributed by atoms with E-state index in [1.165, 1.54) is 22.3 Å². The normalized spacial score (nSPS) is 32.0. The minimum Gasteiger partial charge on any atom is -0.383 e. The van der Waals surface area contributed by atoms with Crippen molar-refractivity contribution in [1.82, 2.24) is 0 Å². The smallest absolute Gasteiger partial charge is 0.216 e. The van der Waals surface area contributed by atoms with Crippen molar-refractivity contribution in [3.05, 3.63) is 77.4 Å². The van der Waals surface area contributed by atoms with E-state index in [0.29, 0.717) is 30.8 Å². The number of nitrogens with zero attached hydrogens (tertiary/aromatic N) is 1. The SMILES string of the molecule is COCCOCO/N=C1\C2C(c3ccccc3)=CC(C3Cc4ccccc4C23)C1(C)O. The monoisotopic (exact) mass is 419 g/mol. The van der Waals surface area contributed by atoms with E-state index >= 15 is 0 Å². The highest BCUT2D eigenvalue weighted by Gasteiger charge is 2.60. The second kappa shape index (κ2) is 8.23. The van der Waals surface area contributed by atoms with Crippen molar-refractivity contribution in [2.75, 3.05) is 27.1 Å².